The lowest BCUT2D eigenvalue weighted by atomic mass is 10.1. The van der Waals surface area contributed by atoms with Gasteiger partial charge in [-0.25, -0.2) is 4.79 Å². The van der Waals surface area contributed by atoms with Crippen molar-refractivity contribution in [1.82, 2.24) is 0 Å². The number of ether oxygens (including phenoxy) is 1. The summed E-state index contributed by atoms with van der Waals surface area (Å²) in [5.74, 6) is -1.87. The Kier molecular flexibility index (Phi) is 6.10. The molecule has 0 spiro atoms. The number of hydrogen-bond donors (Lipinski definition) is 1. The third kappa shape index (κ3) is 4.39. The van der Waals surface area contributed by atoms with Crippen molar-refractivity contribution in [2.45, 2.75) is 20.8 Å². The number of carbonyl (C=O) groups excluding carboxylic acids is 2. The zero-order valence-corrected chi connectivity index (χ0v) is 15.5. The van der Waals surface area contributed by atoms with E-state index in [-0.39, 0.29) is 28.5 Å². The van der Waals surface area contributed by atoms with Crippen molar-refractivity contribution in [2.24, 2.45) is 0 Å². The highest BCUT2D eigenvalue weighted by Crippen LogP contribution is 2.33. The Morgan fingerprint density at radius 3 is 2.70 bits per heavy atom. The Hall–Kier alpha value is -3.45. The van der Waals surface area contributed by atoms with Gasteiger partial charge in [0, 0.05) is 11.0 Å². The van der Waals surface area contributed by atoms with Crippen LogP contribution in [-0.4, -0.2) is 23.4 Å². The number of nitrogens with zero attached hydrogens (tertiary/aromatic N) is 2. The molecule has 0 aliphatic carbocycles. The van der Waals surface area contributed by atoms with E-state index in [4.69, 9.17) is 9.15 Å². The summed E-state index contributed by atoms with van der Waals surface area (Å²) in [4.78, 5) is 35.3. The van der Waals surface area contributed by atoms with Gasteiger partial charge >= 0.3 is 11.9 Å². The van der Waals surface area contributed by atoms with Gasteiger partial charge < -0.3 is 14.5 Å². The summed E-state index contributed by atoms with van der Waals surface area (Å²) in [6.07, 6.45) is 1.08. The second kappa shape index (κ2) is 8.29. The van der Waals surface area contributed by atoms with E-state index in [1.54, 1.807) is 26.8 Å². The molecule has 1 amide bonds. The third-order valence-electron chi connectivity index (χ3n) is 3.54. The van der Waals surface area contributed by atoms with E-state index in [1.807, 2.05) is 0 Å². The van der Waals surface area contributed by atoms with Gasteiger partial charge in [-0.15, -0.1) is 11.3 Å². The molecule has 27 heavy (non-hydrogen) atoms. The molecule has 0 bridgehead atoms. The Bertz CT molecular complexity index is 979. The molecular weight excluding hydrogens is 374 g/mol. The lowest BCUT2D eigenvalue weighted by Gasteiger charge is -2.06. The van der Waals surface area contributed by atoms with Crippen LogP contribution < -0.4 is 5.32 Å². The quantitative estimate of drug-likeness (QED) is 0.262. The molecule has 0 fully saturated rings. The molecule has 0 saturated heterocycles. The summed E-state index contributed by atoms with van der Waals surface area (Å²) in [6.45, 7) is 5.38. The number of hydrogen-bond acceptors (Lipinski definition) is 8. The van der Waals surface area contributed by atoms with Gasteiger partial charge in [-0.05, 0) is 32.4 Å². The van der Waals surface area contributed by atoms with E-state index < -0.39 is 22.7 Å². The van der Waals surface area contributed by atoms with Crippen LogP contribution in [0.1, 0.15) is 33.5 Å². The molecule has 140 valence electrons. The van der Waals surface area contributed by atoms with Crippen molar-refractivity contribution in [1.29, 1.82) is 5.26 Å². The van der Waals surface area contributed by atoms with Gasteiger partial charge in [0.15, 0.2) is 0 Å². The molecule has 2 aromatic heterocycles. The molecule has 0 atom stereocenters. The van der Waals surface area contributed by atoms with Gasteiger partial charge in [-0.2, -0.15) is 5.26 Å². The zero-order valence-electron chi connectivity index (χ0n) is 14.7. The summed E-state index contributed by atoms with van der Waals surface area (Å²) in [6, 6.07) is 4.10. The van der Waals surface area contributed by atoms with Gasteiger partial charge in [0.1, 0.15) is 27.3 Å². The van der Waals surface area contributed by atoms with Crippen molar-refractivity contribution in [3.63, 3.8) is 0 Å². The first-order chi connectivity index (χ1) is 12.8. The fraction of sp³-hybridized carbons (Fsp3) is 0.235. The van der Waals surface area contributed by atoms with Crippen LogP contribution in [0.5, 0.6) is 0 Å². The van der Waals surface area contributed by atoms with E-state index in [9.17, 15) is 25.0 Å². The number of furan rings is 1. The highest BCUT2D eigenvalue weighted by molar-refractivity contribution is 7.16. The van der Waals surface area contributed by atoms with E-state index >= 15 is 0 Å². The Labute approximate surface area is 158 Å². The maximum absolute atomic E-state index is 12.4. The van der Waals surface area contributed by atoms with Crippen LogP contribution in [0.4, 0.5) is 10.9 Å². The van der Waals surface area contributed by atoms with Gasteiger partial charge in [0.05, 0.1) is 18.2 Å². The molecule has 2 aromatic rings. The van der Waals surface area contributed by atoms with E-state index in [0.717, 1.165) is 17.0 Å². The predicted molar refractivity (Wildman–Crippen MR) is 97.3 cm³/mol. The number of rotatable bonds is 6. The average Bonchev–Trinajstić information content (AvgIpc) is 3.18. The first kappa shape index (κ1) is 19.9. The molecule has 2 rings (SSSR count). The fourth-order valence-electron chi connectivity index (χ4n) is 2.14. The maximum Gasteiger partial charge on any atom is 0.433 e. The van der Waals surface area contributed by atoms with E-state index in [2.05, 4.69) is 5.32 Å². The number of nitriles is 1. The van der Waals surface area contributed by atoms with Crippen LogP contribution >= 0.6 is 11.3 Å². The van der Waals surface area contributed by atoms with Gasteiger partial charge in [-0.3, -0.25) is 14.9 Å². The second-order valence-corrected chi connectivity index (χ2v) is 6.49. The lowest BCUT2D eigenvalue weighted by molar-refractivity contribution is -0.402. The van der Waals surface area contributed by atoms with Gasteiger partial charge in [0.25, 0.3) is 5.91 Å². The number of amides is 1. The first-order valence-electron chi connectivity index (χ1n) is 7.73. The largest absolute Gasteiger partial charge is 0.462 e. The molecule has 0 aliphatic heterocycles. The van der Waals surface area contributed by atoms with Crippen LogP contribution in [0.25, 0.3) is 6.08 Å². The minimum absolute atomic E-state index is 0.0162. The van der Waals surface area contributed by atoms with Crippen LogP contribution in [0.2, 0.25) is 0 Å². The predicted octanol–water partition coefficient (Wildman–Crippen LogP) is 3.59. The molecule has 9 nitrogen and oxygen atoms in total. The van der Waals surface area contributed by atoms with E-state index in [1.165, 1.54) is 17.4 Å². The van der Waals surface area contributed by atoms with Crippen LogP contribution in [0.3, 0.4) is 0 Å². The third-order valence-corrected chi connectivity index (χ3v) is 4.66. The summed E-state index contributed by atoms with van der Waals surface area (Å²) in [5.41, 5.74) is 0.578. The topological polar surface area (TPSA) is 135 Å². The first-order valence-corrected chi connectivity index (χ1v) is 8.54. The van der Waals surface area contributed by atoms with Gasteiger partial charge in [0.2, 0.25) is 0 Å². The average molecular weight is 389 g/mol. The highest BCUT2D eigenvalue weighted by atomic mass is 32.1. The number of nitrogens with one attached hydrogen (secondary N) is 1. The molecule has 0 unspecified atom stereocenters. The molecule has 0 aromatic carbocycles. The van der Waals surface area contributed by atoms with Crippen molar-refractivity contribution < 1.29 is 23.7 Å². The molecule has 1 N–H and O–H groups in total. The summed E-state index contributed by atoms with van der Waals surface area (Å²) < 4.78 is 9.93. The SMILES string of the molecule is CCOC(=O)c1c(NC(=O)C(C#N)=Cc2ccc([N+](=O)[O-])o2)sc(C)c1C. The summed E-state index contributed by atoms with van der Waals surface area (Å²) in [5, 5.41) is 22.7. The Morgan fingerprint density at radius 1 is 1.44 bits per heavy atom. The Morgan fingerprint density at radius 2 is 2.15 bits per heavy atom. The fourth-order valence-corrected chi connectivity index (χ4v) is 3.19. The summed E-state index contributed by atoms with van der Waals surface area (Å²) in [7, 11) is 0. The number of carbonyl (C=O) groups is 2. The van der Waals surface area contributed by atoms with Crippen LogP contribution in [-0.2, 0) is 9.53 Å². The number of anilines is 1. The monoisotopic (exact) mass is 389 g/mol. The zero-order chi connectivity index (χ0) is 20.1. The molecule has 10 heteroatoms. The minimum Gasteiger partial charge on any atom is -0.462 e. The number of thiophene rings is 1. The molecule has 0 radical (unpaired) electrons. The molecule has 0 aliphatic rings. The highest BCUT2D eigenvalue weighted by Gasteiger charge is 2.23. The Balaban J connectivity index is 2.31. The smallest absolute Gasteiger partial charge is 0.433 e. The lowest BCUT2D eigenvalue weighted by Crippen LogP contribution is -2.16. The van der Waals surface area contributed by atoms with Crippen molar-refractivity contribution >= 4 is 40.2 Å². The normalized spacial score (nSPS) is 11.0. The maximum atomic E-state index is 12.4. The van der Waals surface area contributed by atoms with Crippen molar-refractivity contribution in [3.8, 4) is 6.07 Å². The standard InChI is InChI=1S/C17H15N3O6S/c1-4-25-17(22)14-9(2)10(3)27-16(14)19-15(21)11(8-18)7-12-5-6-13(26-12)20(23)24/h5-7H,4H2,1-3H3,(H,19,21). The summed E-state index contributed by atoms with van der Waals surface area (Å²) >= 11 is 1.18. The number of esters is 1. The second-order valence-electron chi connectivity index (χ2n) is 5.26. The molecule has 2 heterocycles. The van der Waals surface area contributed by atoms with E-state index in [0.29, 0.717) is 5.56 Å². The molecular formula is C17H15N3O6S. The molecule has 0 saturated carbocycles. The van der Waals surface area contributed by atoms with Crippen molar-refractivity contribution in [2.75, 3.05) is 11.9 Å². The van der Waals surface area contributed by atoms with Crippen molar-refractivity contribution in [3.05, 3.63) is 49.6 Å². The number of aryl methyl sites for hydroxylation is 1. The number of nitro groups is 1. The van der Waals surface area contributed by atoms with Crippen LogP contribution in [0, 0.1) is 35.3 Å². The van der Waals surface area contributed by atoms with Crippen LogP contribution in [0.15, 0.2) is 22.1 Å². The van der Waals surface area contributed by atoms with Gasteiger partial charge in [-0.1, -0.05) is 0 Å². The minimum atomic E-state index is -0.775.